The zero-order valence-electron chi connectivity index (χ0n) is 20.8. The summed E-state index contributed by atoms with van der Waals surface area (Å²) < 4.78 is 25.6. The molecule has 1 aliphatic rings. The van der Waals surface area contributed by atoms with Crippen molar-refractivity contribution >= 4 is 20.1 Å². The number of hydrogen-bond acceptors (Lipinski definition) is 6. The van der Waals surface area contributed by atoms with Gasteiger partial charge in [-0.05, 0) is 64.6 Å². The van der Waals surface area contributed by atoms with Gasteiger partial charge in [0.2, 0.25) is 5.88 Å². The second-order valence-electron chi connectivity index (χ2n) is 11.4. The topological polar surface area (TPSA) is 92.7 Å². The summed E-state index contributed by atoms with van der Waals surface area (Å²) in [5, 5.41) is 16.3. The first-order chi connectivity index (χ1) is 14.5. The molecule has 32 heavy (non-hydrogen) atoms. The molecular weight excluding hydrogens is 429 g/mol. The summed E-state index contributed by atoms with van der Waals surface area (Å²) in [6.07, 6.45) is 3.30. The van der Waals surface area contributed by atoms with Crippen molar-refractivity contribution in [2.75, 3.05) is 11.9 Å². The molecule has 0 spiro atoms. The largest absolute Gasteiger partial charge is 0.492 e. The maximum atomic E-state index is 13.5. The highest BCUT2D eigenvalue weighted by Crippen LogP contribution is 2.39. The highest BCUT2D eigenvalue weighted by atomic mass is 28.4. The molecule has 1 aromatic heterocycles. The van der Waals surface area contributed by atoms with Crippen molar-refractivity contribution in [1.29, 1.82) is 0 Å². The number of rotatable bonds is 6. The number of nitrogens with one attached hydrogen (secondary N) is 2. The van der Waals surface area contributed by atoms with Crippen molar-refractivity contribution in [2.45, 2.75) is 103 Å². The lowest BCUT2D eigenvalue weighted by Crippen LogP contribution is -2.58. The van der Waals surface area contributed by atoms with Gasteiger partial charge in [-0.1, -0.05) is 20.8 Å². The fourth-order valence-electron chi connectivity index (χ4n) is 3.43. The van der Waals surface area contributed by atoms with E-state index in [9.17, 15) is 14.3 Å². The van der Waals surface area contributed by atoms with Crippen LogP contribution in [0.5, 0.6) is 5.88 Å². The van der Waals surface area contributed by atoms with Gasteiger partial charge in [-0.25, -0.2) is 14.2 Å². The molecule has 1 amide bonds. The molecule has 3 N–H and O–H groups in total. The predicted molar refractivity (Wildman–Crippen MR) is 127 cm³/mol. The average Bonchev–Trinajstić information content (AvgIpc) is 2.62. The second kappa shape index (κ2) is 9.55. The number of aromatic nitrogens is 1. The molecule has 1 fully saturated rings. The Morgan fingerprint density at radius 1 is 1.25 bits per heavy atom. The molecule has 0 bridgehead atoms. The minimum Gasteiger partial charge on any atom is -0.492 e. The minimum atomic E-state index is -2.02. The fourth-order valence-corrected chi connectivity index (χ4v) is 4.50. The van der Waals surface area contributed by atoms with Gasteiger partial charge in [-0.3, -0.25) is 0 Å². The van der Waals surface area contributed by atoms with E-state index in [0.717, 1.165) is 6.20 Å². The van der Waals surface area contributed by atoms with Crippen LogP contribution in [-0.4, -0.2) is 48.3 Å². The fraction of sp³-hybridized carbons (Fsp3) is 0.739. The number of aromatic hydroxyl groups is 1. The van der Waals surface area contributed by atoms with E-state index >= 15 is 0 Å². The first-order valence-corrected chi connectivity index (χ1v) is 14.2. The second-order valence-corrected chi connectivity index (χ2v) is 16.2. The van der Waals surface area contributed by atoms with Crippen LogP contribution < -0.4 is 10.6 Å². The van der Waals surface area contributed by atoms with E-state index in [2.05, 4.69) is 49.5 Å². The molecule has 1 heterocycles. The van der Waals surface area contributed by atoms with E-state index in [1.165, 1.54) is 6.07 Å². The summed E-state index contributed by atoms with van der Waals surface area (Å²) in [5.41, 5.74) is -0.857. The number of hydrogen-bond donors (Lipinski definition) is 3. The monoisotopic (exact) mass is 469 g/mol. The highest BCUT2D eigenvalue weighted by molar-refractivity contribution is 6.74. The predicted octanol–water partition coefficient (Wildman–Crippen LogP) is 5.57. The summed E-state index contributed by atoms with van der Waals surface area (Å²) in [6.45, 7) is 16.9. The Labute approximate surface area is 192 Å². The van der Waals surface area contributed by atoms with Gasteiger partial charge in [0.05, 0.1) is 18.3 Å². The summed E-state index contributed by atoms with van der Waals surface area (Å²) in [7, 11) is -2.02. The van der Waals surface area contributed by atoms with Crippen LogP contribution in [0.1, 0.15) is 67.2 Å². The molecule has 0 radical (unpaired) electrons. The van der Waals surface area contributed by atoms with E-state index in [4.69, 9.17) is 9.16 Å². The summed E-state index contributed by atoms with van der Waals surface area (Å²) in [6, 6.07) is 1.26. The number of halogens is 1. The molecular formula is C23H40FN3O4Si. The van der Waals surface area contributed by atoms with Gasteiger partial charge in [0, 0.05) is 12.1 Å². The Bertz CT molecular complexity index is 797. The Kier molecular flexibility index (Phi) is 7.87. The number of carbonyl (C=O) groups excluding carboxylic acids is 1. The van der Waals surface area contributed by atoms with E-state index in [1.807, 2.05) is 20.8 Å². The molecule has 0 aromatic carbocycles. The zero-order valence-corrected chi connectivity index (χ0v) is 21.8. The lowest BCUT2D eigenvalue weighted by atomic mass is 9.80. The quantitative estimate of drug-likeness (QED) is 0.472. The van der Waals surface area contributed by atoms with Gasteiger partial charge in [0.1, 0.15) is 17.1 Å². The van der Waals surface area contributed by atoms with Crippen molar-refractivity contribution in [3.63, 3.8) is 0 Å². The number of carbonyl (C=O) groups is 1. The molecule has 0 aliphatic heterocycles. The molecule has 2 rings (SSSR count). The maximum Gasteiger partial charge on any atom is 0.408 e. The van der Waals surface area contributed by atoms with Crippen molar-refractivity contribution in [3.8, 4) is 5.88 Å². The van der Waals surface area contributed by atoms with Crippen LogP contribution >= 0.6 is 0 Å². The smallest absolute Gasteiger partial charge is 0.408 e. The Balaban J connectivity index is 2.12. The number of nitrogens with zero attached hydrogens (tertiary/aromatic N) is 1. The third-order valence-electron chi connectivity index (χ3n) is 6.42. The molecule has 1 aliphatic carbocycles. The summed E-state index contributed by atoms with van der Waals surface area (Å²) >= 11 is 0. The average molecular weight is 470 g/mol. The Morgan fingerprint density at radius 3 is 2.38 bits per heavy atom. The number of alkyl carbamates (subject to hydrolysis) is 1. The van der Waals surface area contributed by atoms with Crippen molar-refractivity contribution in [1.82, 2.24) is 10.3 Å². The molecule has 7 nitrogen and oxygen atoms in total. The van der Waals surface area contributed by atoms with Gasteiger partial charge >= 0.3 is 6.09 Å². The third kappa shape index (κ3) is 7.33. The summed E-state index contributed by atoms with van der Waals surface area (Å²) in [4.78, 5) is 16.3. The van der Waals surface area contributed by atoms with Crippen LogP contribution in [0.15, 0.2) is 12.3 Å². The van der Waals surface area contributed by atoms with Gasteiger partial charge in [-0.2, -0.15) is 0 Å². The van der Waals surface area contributed by atoms with E-state index < -0.39 is 31.4 Å². The standard InChI is InChI=1S/C23H40FN3O4Si/c1-21(2,3)31-20(29)27-23(15-30-32(7,8)22(4,5)6)11-9-17(10-12-23)26-18-13-16(24)14-25-19(18)28/h13-14,17,26H,9-12,15H2,1-8H3,(H,25,28)(H,27,29)/t17-,23-. The van der Waals surface area contributed by atoms with Crippen LogP contribution in [-0.2, 0) is 9.16 Å². The first kappa shape index (κ1) is 26.4. The molecule has 1 saturated carbocycles. The van der Waals surface area contributed by atoms with Gasteiger partial charge in [-0.15, -0.1) is 0 Å². The molecule has 182 valence electrons. The van der Waals surface area contributed by atoms with Crippen LogP contribution in [0.3, 0.4) is 0 Å². The van der Waals surface area contributed by atoms with Crippen molar-refractivity contribution in [2.24, 2.45) is 0 Å². The van der Waals surface area contributed by atoms with Gasteiger partial charge in [0.15, 0.2) is 8.32 Å². The number of anilines is 1. The van der Waals surface area contributed by atoms with Crippen LogP contribution in [0, 0.1) is 5.82 Å². The van der Waals surface area contributed by atoms with Gasteiger partial charge < -0.3 is 24.9 Å². The van der Waals surface area contributed by atoms with E-state index in [1.54, 1.807) is 0 Å². The molecule has 0 saturated heterocycles. The van der Waals surface area contributed by atoms with Crippen molar-refractivity contribution in [3.05, 3.63) is 18.1 Å². The normalized spacial score (nSPS) is 22.3. The minimum absolute atomic E-state index is 0.0194. The Morgan fingerprint density at radius 2 is 1.84 bits per heavy atom. The van der Waals surface area contributed by atoms with Crippen LogP contribution in [0.2, 0.25) is 18.1 Å². The third-order valence-corrected chi connectivity index (χ3v) is 10.9. The Hall–Kier alpha value is -1.87. The van der Waals surface area contributed by atoms with Crippen LogP contribution in [0.4, 0.5) is 14.9 Å². The number of pyridine rings is 1. The highest BCUT2D eigenvalue weighted by Gasteiger charge is 2.43. The molecule has 9 heteroatoms. The van der Waals surface area contributed by atoms with Crippen LogP contribution in [0.25, 0.3) is 0 Å². The molecule has 1 aromatic rings. The summed E-state index contributed by atoms with van der Waals surface area (Å²) in [5.74, 6) is -0.735. The first-order valence-electron chi connectivity index (χ1n) is 11.3. The molecule has 0 unspecified atom stereocenters. The SMILES string of the molecule is CC(C)(C)OC(=O)N[C@]1(CO[Si](C)(C)C(C)(C)C)CC[C@@H](Nc2cc(F)cnc2O)CC1. The number of ether oxygens (including phenoxy) is 1. The number of amides is 1. The zero-order chi connectivity index (χ0) is 24.4. The lowest BCUT2D eigenvalue weighted by Gasteiger charge is -2.44. The van der Waals surface area contributed by atoms with Gasteiger partial charge in [0.25, 0.3) is 0 Å². The molecule has 0 atom stereocenters. The maximum absolute atomic E-state index is 13.5. The van der Waals surface area contributed by atoms with E-state index in [0.29, 0.717) is 32.3 Å². The van der Waals surface area contributed by atoms with Crippen molar-refractivity contribution < 1.29 is 23.5 Å². The lowest BCUT2D eigenvalue weighted by molar-refractivity contribution is 0.0348. The van der Waals surface area contributed by atoms with E-state index in [-0.39, 0.29) is 22.6 Å².